The van der Waals surface area contributed by atoms with Crippen LogP contribution >= 0.6 is 0 Å². The summed E-state index contributed by atoms with van der Waals surface area (Å²) in [7, 11) is 0. The molecule has 2 heterocycles. The molecule has 1 saturated heterocycles. The number of hydrogen-bond acceptors (Lipinski definition) is 2. The fraction of sp³-hybridized carbons (Fsp3) is 0.227. The lowest BCUT2D eigenvalue weighted by atomic mass is 9.95. The van der Waals surface area contributed by atoms with Crippen LogP contribution in [-0.2, 0) is 0 Å². The quantitative estimate of drug-likeness (QED) is 0.663. The highest BCUT2D eigenvalue weighted by atomic mass is 15.2. The van der Waals surface area contributed by atoms with Crippen molar-refractivity contribution in [3.63, 3.8) is 0 Å². The Bertz CT molecular complexity index is 833. The zero-order chi connectivity index (χ0) is 16.2. The minimum absolute atomic E-state index is 0.583. The Kier molecular flexibility index (Phi) is 4.28. The number of aromatic nitrogens is 1. The monoisotopic (exact) mass is 314 g/mol. The highest BCUT2D eigenvalue weighted by molar-refractivity contribution is 5.90. The van der Waals surface area contributed by atoms with E-state index >= 15 is 0 Å². The molecule has 4 rings (SSSR count). The zero-order valence-electron chi connectivity index (χ0n) is 13.8. The van der Waals surface area contributed by atoms with Gasteiger partial charge in [-0.3, -0.25) is 0 Å². The first-order valence-electron chi connectivity index (χ1n) is 8.72. The molecule has 1 unspecified atom stereocenters. The SMILES string of the molecule is C(=CC1CCCN(c2ccccn2)C1)c1cccc2ccccc12. The molecule has 0 aliphatic carbocycles. The molecule has 0 N–H and O–H groups in total. The van der Waals surface area contributed by atoms with Crippen molar-refractivity contribution in [2.45, 2.75) is 12.8 Å². The molecule has 0 bridgehead atoms. The summed E-state index contributed by atoms with van der Waals surface area (Å²) in [5, 5.41) is 2.63. The average Bonchev–Trinajstić information content (AvgIpc) is 2.67. The van der Waals surface area contributed by atoms with Gasteiger partial charge in [-0.1, -0.05) is 60.7 Å². The predicted octanol–water partition coefficient (Wildman–Crippen LogP) is 5.16. The van der Waals surface area contributed by atoms with E-state index in [-0.39, 0.29) is 0 Å². The van der Waals surface area contributed by atoms with Crippen molar-refractivity contribution in [2.75, 3.05) is 18.0 Å². The molecule has 0 amide bonds. The van der Waals surface area contributed by atoms with Crippen molar-refractivity contribution in [3.05, 3.63) is 78.5 Å². The number of fused-ring (bicyclic) bond motifs is 1. The lowest BCUT2D eigenvalue weighted by Gasteiger charge is -2.32. The molecule has 0 spiro atoms. The normalized spacial score (nSPS) is 18.3. The standard InChI is InChI=1S/C22H22N2/c1-2-11-21-19(8-1)9-5-10-20(21)14-13-18-7-6-16-24(17-18)22-12-3-4-15-23-22/h1-5,8-15,18H,6-7,16-17H2. The maximum absolute atomic E-state index is 4.50. The third-order valence-corrected chi connectivity index (χ3v) is 4.80. The van der Waals surface area contributed by atoms with Crippen LogP contribution in [0.25, 0.3) is 16.8 Å². The number of benzene rings is 2. The summed E-state index contributed by atoms with van der Waals surface area (Å²) < 4.78 is 0. The largest absolute Gasteiger partial charge is 0.356 e. The third kappa shape index (κ3) is 3.18. The smallest absolute Gasteiger partial charge is 0.128 e. The van der Waals surface area contributed by atoms with Gasteiger partial charge in [0.1, 0.15) is 5.82 Å². The van der Waals surface area contributed by atoms with E-state index in [0.717, 1.165) is 18.9 Å². The molecule has 1 aliphatic heterocycles. The Morgan fingerprint density at radius 2 is 1.83 bits per heavy atom. The third-order valence-electron chi connectivity index (χ3n) is 4.80. The molecule has 24 heavy (non-hydrogen) atoms. The lowest BCUT2D eigenvalue weighted by molar-refractivity contribution is 0.484. The minimum atomic E-state index is 0.583. The van der Waals surface area contributed by atoms with E-state index < -0.39 is 0 Å². The molecular weight excluding hydrogens is 292 g/mol. The Hall–Kier alpha value is -2.61. The van der Waals surface area contributed by atoms with Crippen molar-refractivity contribution in [1.29, 1.82) is 0 Å². The number of anilines is 1. The zero-order valence-corrected chi connectivity index (χ0v) is 13.8. The fourth-order valence-electron chi connectivity index (χ4n) is 3.55. The topological polar surface area (TPSA) is 16.1 Å². The number of piperidine rings is 1. The van der Waals surface area contributed by atoms with Crippen molar-refractivity contribution < 1.29 is 0 Å². The lowest BCUT2D eigenvalue weighted by Crippen LogP contribution is -2.35. The van der Waals surface area contributed by atoms with Crippen molar-refractivity contribution in [1.82, 2.24) is 4.98 Å². The number of pyridine rings is 1. The Morgan fingerprint density at radius 3 is 2.75 bits per heavy atom. The van der Waals surface area contributed by atoms with E-state index in [2.05, 4.69) is 76.6 Å². The second kappa shape index (κ2) is 6.88. The summed E-state index contributed by atoms with van der Waals surface area (Å²) in [6.45, 7) is 2.16. The maximum Gasteiger partial charge on any atom is 0.128 e. The summed E-state index contributed by atoms with van der Waals surface area (Å²) in [5.74, 6) is 1.68. The highest BCUT2D eigenvalue weighted by Crippen LogP contribution is 2.24. The van der Waals surface area contributed by atoms with Crippen molar-refractivity contribution in [3.8, 4) is 0 Å². The Labute approximate surface area is 143 Å². The van der Waals surface area contributed by atoms with Gasteiger partial charge < -0.3 is 4.90 Å². The van der Waals surface area contributed by atoms with E-state index in [1.165, 1.54) is 29.2 Å². The van der Waals surface area contributed by atoms with E-state index in [1.807, 2.05) is 12.3 Å². The summed E-state index contributed by atoms with van der Waals surface area (Å²) in [6.07, 6.45) is 9.04. The molecule has 3 aromatic rings. The van der Waals surface area contributed by atoms with Crippen molar-refractivity contribution >= 4 is 22.7 Å². The van der Waals surface area contributed by atoms with Gasteiger partial charge in [-0.25, -0.2) is 4.98 Å². The van der Waals surface area contributed by atoms with Gasteiger partial charge in [0.05, 0.1) is 0 Å². The van der Waals surface area contributed by atoms with Crippen LogP contribution in [-0.4, -0.2) is 18.1 Å². The van der Waals surface area contributed by atoms with Gasteiger partial charge in [-0.15, -0.1) is 0 Å². The number of rotatable bonds is 3. The van der Waals surface area contributed by atoms with Gasteiger partial charge in [0.15, 0.2) is 0 Å². The molecule has 1 atom stereocenters. The van der Waals surface area contributed by atoms with Gasteiger partial charge in [0, 0.05) is 19.3 Å². The Balaban J connectivity index is 1.53. The van der Waals surface area contributed by atoms with Gasteiger partial charge in [-0.05, 0) is 47.2 Å². The van der Waals surface area contributed by atoms with Crippen LogP contribution in [0.2, 0.25) is 0 Å². The minimum Gasteiger partial charge on any atom is -0.356 e. The van der Waals surface area contributed by atoms with Crippen molar-refractivity contribution in [2.24, 2.45) is 5.92 Å². The van der Waals surface area contributed by atoms with Crippen LogP contribution in [0.5, 0.6) is 0 Å². The van der Waals surface area contributed by atoms with Crippen LogP contribution in [0.4, 0.5) is 5.82 Å². The maximum atomic E-state index is 4.50. The molecule has 2 aromatic carbocycles. The molecule has 0 radical (unpaired) electrons. The van der Waals surface area contributed by atoms with Crippen LogP contribution < -0.4 is 4.90 Å². The van der Waals surface area contributed by atoms with Crippen LogP contribution in [0.1, 0.15) is 18.4 Å². The first-order valence-corrected chi connectivity index (χ1v) is 8.72. The molecule has 1 aromatic heterocycles. The van der Waals surface area contributed by atoms with E-state index in [0.29, 0.717) is 5.92 Å². The van der Waals surface area contributed by atoms with Gasteiger partial charge >= 0.3 is 0 Å². The van der Waals surface area contributed by atoms with Gasteiger partial charge in [0.2, 0.25) is 0 Å². The second-order valence-corrected chi connectivity index (χ2v) is 6.46. The van der Waals surface area contributed by atoms with E-state index in [4.69, 9.17) is 0 Å². The summed E-state index contributed by atoms with van der Waals surface area (Å²) in [6, 6.07) is 21.3. The fourth-order valence-corrected chi connectivity index (χ4v) is 3.55. The Morgan fingerprint density at radius 1 is 0.958 bits per heavy atom. The van der Waals surface area contributed by atoms with Gasteiger partial charge in [0.25, 0.3) is 0 Å². The summed E-state index contributed by atoms with van der Waals surface area (Å²) >= 11 is 0. The highest BCUT2D eigenvalue weighted by Gasteiger charge is 2.18. The molecule has 0 saturated carbocycles. The average molecular weight is 314 g/mol. The predicted molar refractivity (Wildman–Crippen MR) is 102 cm³/mol. The van der Waals surface area contributed by atoms with Crippen LogP contribution in [0, 0.1) is 5.92 Å². The number of nitrogens with zero attached hydrogens (tertiary/aromatic N) is 2. The molecule has 1 aliphatic rings. The summed E-state index contributed by atoms with van der Waals surface area (Å²) in [4.78, 5) is 6.90. The molecule has 2 heteroatoms. The molecule has 2 nitrogen and oxygen atoms in total. The summed E-state index contributed by atoms with van der Waals surface area (Å²) in [5.41, 5.74) is 1.31. The molecular formula is C22H22N2. The van der Waals surface area contributed by atoms with Crippen LogP contribution in [0.15, 0.2) is 72.9 Å². The number of hydrogen-bond donors (Lipinski definition) is 0. The second-order valence-electron chi connectivity index (χ2n) is 6.46. The van der Waals surface area contributed by atoms with Gasteiger partial charge in [-0.2, -0.15) is 0 Å². The van der Waals surface area contributed by atoms with E-state index in [1.54, 1.807) is 0 Å². The first kappa shape index (κ1) is 14.9. The molecule has 1 fully saturated rings. The molecule has 120 valence electrons. The first-order chi connectivity index (χ1) is 11.9. The van der Waals surface area contributed by atoms with E-state index in [9.17, 15) is 0 Å². The van der Waals surface area contributed by atoms with Crippen LogP contribution in [0.3, 0.4) is 0 Å².